The largest absolute Gasteiger partial charge is 0.350 e. The van der Waals surface area contributed by atoms with Crippen molar-refractivity contribution in [1.29, 1.82) is 0 Å². The molecule has 0 bridgehead atoms. The summed E-state index contributed by atoms with van der Waals surface area (Å²) in [5.74, 6) is 0.597. The van der Waals surface area contributed by atoms with Crippen LogP contribution in [0, 0.1) is 0 Å². The average molecular weight is 439 g/mol. The normalized spacial score (nSPS) is 11.6. The fourth-order valence-corrected chi connectivity index (χ4v) is 2.39. The topological polar surface area (TPSA) is 69.6 Å². The van der Waals surface area contributed by atoms with E-state index in [0.29, 0.717) is 12.5 Å². The van der Waals surface area contributed by atoms with Crippen molar-refractivity contribution in [2.75, 3.05) is 27.7 Å². The van der Waals surface area contributed by atoms with E-state index in [1.807, 2.05) is 0 Å². The van der Waals surface area contributed by atoms with Crippen LogP contribution in [0.1, 0.15) is 31.5 Å². The lowest BCUT2D eigenvalue weighted by Crippen LogP contribution is -2.42. The van der Waals surface area contributed by atoms with Gasteiger partial charge in [0.25, 0.3) is 0 Å². The first-order valence-electron chi connectivity index (χ1n) is 6.83. The summed E-state index contributed by atoms with van der Waals surface area (Å²) >= 11 is 1.63. The van der Waals surface area contributed by atoms with Gasteiger partial charge in [0.05, 0.1) is 18.8 Å². The molecule has 2 N–H and O–H groups in total. The SMILES string of the molecule is CN=C(NCC(=O)N(C)C)NCc1nc(C(C)(C)C)cs1.I. The molecule has 0 aliphatic heterocycles. The predicted molar refractivity (Wildman–Crippen MR) is 103 cm³/mol. The molecule has 0 unspecified atom stereocenters. The Labute approximate surface area is 153 Å². The second-order valence-electron chi connectivity index (χ2n) is 5.94. The molecule has 0 aromatic carbocycles. The molecule has 1 aromatic rings. The summed E-state index contributed by atoms with van der Waals surface area (Å²) in [4.78, 5) is 21.8. The summed E-state index contributed by atoms with van der Waals surface area (Å²) in [7, 11) is 5.13. The van der Waals surface area contributed by atoms with Gasteiger partial charge in [-0.3, -0.25) is 9.79 Å². The summed E-state index contributed by atoms with van der Waals surface area (Å²) in [6.07, 6.45) is 0. The monoisotopic (exact) mass is 439 g/mol. The van der Waals surface area contributed by atoms with Gasteiger partial charge in [-0.15, -0.1) is 35.3 Å². The number of guanidine groups is 1. The minimum absolute atomic E-state index is 0. The fraction of sp³-hybridized carbons (Fsp3) is 0.643. The van der Waals surface area contributed by atoms with E-state index < -0.39 is 0 Å². The minimum Gasteiger partial charge on any atom is -0.350 e. The molecule has 1 amide bonds. The third-order valence-corrected chi connectivity index (χ3v) is 3.71. The van der Waals surface area contributed by atoms with E-state index in [0.717, 1.165) is 10.7 Å². The molecule has 22 heavy (non-hydrogen) atoms. The van der Waals surface area contributed by atoms with Crippen LogP contribution in [0.15, 0.2) is 10.4 Å². The quantitative estimate of drug-likeness (QED) is 0.427. The average Bonchev–Trinajstić information content (AvgIpc) is 2.87. The van der Waals surface area contributed by atoms with E-state index in [1.165, 1.54) is 4.90 Å². The Morgan fingerprint density at radius 1 is 1.36 bits per heavy atom. The Morgan fingerprint density at radius 2 is 2.00 bits per heavy atom. The van der Waals surface area contributed by atoms with Crippen LogP contribution < -0.4 is 10.6 Å². The molecule has 0 atom stereocenters. The lowest BCUT2D eigenvalue weighted by molar-refractivity contribution is -0.127. The lowest BCUT2D eigenvalue weighted by atomic mass is 9.93. The van der Waals surface area contributed by atoms with Gasteiger partial charge in [0, 0.05) is 31.9 Å². The predicted octanol–water partition coefficient (Wildman–Crippen LogP) is 1.81. The highest BCUT2D eigenvalue weighted by Gasteiger charge is 2.17. The molecule has 8 heteroatoms. The van der Waals surface area contributed by atoms with Crippen molar-refractivity contribution in [2.24, 2.45) is 4.99 Å². The number of aromatic nitrogens is 1. The smallest absolute Gasteiger partial charge is 0.241 e. The first-order valence-corrected chi connectivity index (χ1v) is 7.71. The van der Waals surface area contributed by atoms with Crippen LogP contribution in [0.3, 0.4) is 0 Å². The van der Waals surface area contributed by atoms with Crippen molar-refractivity contribution in [3.8, 4) is 0 Å². The number of hydrogen-bond acceptors (Lipinski definition) is 4. The third-order valence-electron chi connectivity index (χ3n) is 2.86. The number of thiazole rings is 1. The molecule has 126 valence electrons. The van der Waals surface area contributed by atoms with Crippen LogP contribution in [0.2, 0.25) is 0 Å². The van der Waals surface area contributed by atoms with Crippen LogP contribution in [0.5, 0.6) is 0 Å². The number of hydrogen-bond donors (Lipinski definition) is 2. The molecular formula is C14H26IN5OS. The maximum absolute atomic E-state index is 11.5. The highest BCUT2D eigenvalue weighted by molar-refractivity contribution is 14.0. The van der Waals surface area contributed by atoms with Crippen molar-refractivity contribution in [3.05, 3.63) is 16.1 Å². The zero-order valence-corrected chi connectivity index (χ0v) is 17.2. The molecule has 1 aromatic heterocycles. The zero-order chi connectivity index (χ0) is 16.0. The van der Waals surface area contributed by atoms with Crippen molar-refractivity contribution >= 4 is 47.2 Å². The summed E-state index contributed by atoms with van der Waals surface area (Å²) in [6, 6.07) is 0. The highest BCUT2D eigenvalue weighted by atomic mass is 127. The Bertz CT molecular complexity index is 508. The Hall–Kier alpha value is -0.900. The summed E-state index contributed by atoms with van der Waals surface area (Å²) in [6.45, 7) is 7.25. The van der Waals surface area contributed by atoms with Crippen LogP contribution >= 0.6 is 35.3 Å². The molecule has 0 spiro atoms. The van der Waals surface area contributed by atoms with Gasteiger partial charge in [-0.1, -0.05) is 20.8 Å². The van der Waals surface area contributed by atoms with Gasteiger partial charge in [0.15, 0.2) is 5.96 Å². The maximum atomic E-state index is 11.5. The molecular weight excluding hydrogens is 413 g/mol. The van der Waals surface area contributed by atoms with Crippen LogP contribution in [-0.2, 0) is 16.8 Å². The van der Waals surface area contributed by atoms with Gasteiger partial charge in [0.1, 0.15) is 5.01 Å². The first-order chi connectivity index (χ1) is 9.74. The van der Waals surface area contributed by atoms with Crippen LogP contribution in [0.4, 0.5) is 0 Å². The molecule has 0 aliphatic rings. The van der Waals surface area contributed by atoms with Crippen molar-refractivity contribution in [2.45, 2.75) is 32.7 Å². The Balaban J connectivity index is 0.00000441. The summed E-state index contributed by atoms with van der Waals surface area (Å²) < 4.78 is 0. The van der Waals surface area contributed by atoms with Gasteiger partial charge in [0.2, 0.25) is 5.91 Å². The molecule has 1 heterocycles. The molecule has 0 saturated carbocycles. The highest BCUT2D eigenvalue weighted by Crippen LogP contribution is 2.23. The fourth-order valence-electron chi connectivity index (χ4n) is 1.43. The van der Waals surface area contributed by atoms with Crippen molar-refractivity contribution in [1.82, 2.24) is 20.5 Å². The second kappa shape index (κ2) is 9.29. The summed E-state index contributed by atoms with van der Waals surface area (Å²) in [5.41, 5.74) is 1.15. The second-order valence-corrected chi connectivity index (χ2v) is 6.89. The number of amides is 1. The number of aliphatic imine (C=N–C) groups is 1. The zero-order valence-electron chi connectivity index (χ0n) is 14.1. The number of carbonyl (C=O) groups excluding carboxylic acids is 1. The van der Waals surface area contributed by atoms with Gasteiger partial charge in [-0.05, 0) is 0 Å². The Morgan fingerprint density at radius 3 is 2.45 bits per heavy atom. The third kappa shape index (κ3) is 6.91. The van der Waals surface area contributed by atoms with Gasteiger partial charge < -0.3 is 15.5 Å². The molecule has 0 aliphatic carbocycles. The minimum atomic E-state index is 0. The Kier molecular flexibility index (Phi) is 8.91. The number of carbonyl (C=O) groups is 1. The number of rotatable bonds is 4. The molecule has 0 saturated heterocycles. The van der Waals surface area contributed by atoms with E-state index in [-0.39, 0.29) is 41.8 Å². The lowest BCUT2D eigenvalue weighted by Gasteiger charge is -2.15. The molecule has 0 fully saturated rings. The van der Waals surface area contributed by atoms with Gasteiger partial charge in [-0.2, -0.15) is 0 Å². The standard InChI is InChI=1S/C14H25N5OS.HI/c1-14(2,3)10-9-21-11(18-10)7-16-13(15-4)17-8-12(20)19(5)6;/h9H,7-8H2,1-6H3,(H2,15,16,17);1H. The van der Waals surface area contributed by atoms with Crippen molar-refractivity contribution in [3.63, 3.8) is 0 Å². The van der Waals surface area contributed by atoms with Crippen LogP contribution in [0.25, 0.3) is 0 Å². The van der Waals surface area contributed by atoms with E-state index in [2.05, 4.69) is 46.8 Å². The van der Waals surface area contributed by atoms with Crippen LogP contribution in [-0.4, -0.2) is 49.4 Å². The van der Waals surface area contributed by atoms with Gasteiger partial charge in [-0.25, -0.2) is 4.98 Å². The van der Waals surface area contributed by atoms with Gasteiger partial charge >= 0.3 is 0 Å². The number of halogens is 1. The molecule has 1 rings (SSSR count). The number of likely N-dealkylation sites (N-methyl/N-ethyl adjacent to an activating group) is 1. The van der Waals surface area contributed by atoms with Crippen molar-refractivity contribution < 1.29 is 4.79 Å². The maximum Gasteiger partial charge on any atom is 0.241 e. The number of nitrogens with zero attached hydrogens (tertiary/aromatic N) is 3. The van der Waals surface area contributed by atoms with E-state index in [4.69, 9.17) is 0 Å². The number of nitrogens with one attached hydrogen (secondary N) is 2. The van der Waals surface area contributed by atoms with E-state index >= 15 is 0 Å². The summed E-state index contributed by atoms with van der Waals surface area (Å²) in [5, 5.41) is 9.23. The van der Waals surface area contributed by atoms with E-state index in [1.54, 1.807) is 32.5 Å². The first kappa shape index (κ1) is 21.1. The van der Waals surface area contributed by atoms with E-state index in [9.17, 15) is 4.79 Å². The molecule has 6 nitrogen and oxygen atoms in total. The molecule has 0 radical (unpaired) electrons.